The zero-order valence-corrected chi connectivity index (χ0v) is 16.5. The Morgan fingerprint density at radius 1 is 0.850 bits per heavy atom. The van der Waals surface area contributed by atoms with Crippen molar-refractivity contribution < 1.29 is 20.9 Å². The number of hydrogen-bond acceptors (Lipinski definition) is 1. The van der Waals surface area contributed by atoms with Crippen LogP contribution in [0.1, 0.15) is 91.4 Å². The van der Waals surface area contributed by atoms with Crippen LogP contribution in [0.25, 0.3) is 0 Å². The molecule has 2 rings (SSSR count). The van der Waals surface area contributed by atoms with Gasteiger partial charge < -0.3 is 20.3 Å². The van der Waals surface area contributed by atoms with Crippen LogP contribution >= 0.6 is 0 Å². The minimum Gasteiger partial charge on any atom is -0.358 e. The third-order valence-corrected chi connectivity index (χ3v) is 5.10. The van der Waals surface area contributed by atoms with E-state index in [0.29, 0.717) is 0 Å². The Labute approximate surface area is 141 Å². The SMILES string of the molecule is CCC(C)(C)[N]=[Nb].[CH-]1CCCCC1.[CH-]1CCCCC1.[CH3-]. The van der Waals surface area contributed by atoms with Gasteiger partial charge >= 0.3 is 57.0 Å². The van der Waals surface area contributed by atoms with Crippen LogP contribution in [0.3, 0.4) is 0 Å². The van der Waals surface area contributed by atoms with Crippen LogP contribution in [0, 0.1) is 20.3 Å². The average Bonchev–Trinajstić information content (AvgIpc) is 2.52. The van der Waals surface area contributed by atoms with Gasteiger partial charge in [-0.2, -0.15) is 25.7 Å². The Bertz CT molecular complexity index is 159. The Hall–Kier alpha value is 0.540. The Morgan fingerprint density at radius 2 is 1.20 bits per heavy atom. The first kappa shape index (κ1) is 22.8. The van der Waals surface area contributed by atoms with Crippen LogP contribution in [0.15, 0.2) is 3.34 Å². The van der Waals surface area contributed by atoms with Gasteiger partial charge in [0.1, 0.15) is 0 Å². The second-order valence-electron chi connectivity index (χ2n) is 6.12. The molecule has 0 spiro atoms. The minimum absolute atomic E-state index is 0. The van der Waals surface area contributed by atoms with E-state index in [-0.39, 0.29) is 13.0 Å². The molecule has 2 saturated carbocycles. The van der Waals surface area contributed by atoms with Gasteiger partial charge in [-0.25, -0.2) is 0 Å². The van der Waals surface area contributed by atoms with Gasteiger partial charge in [0.15, 0.2) is 0 Å². The van der Waals surface area contributed by atoms with Gasteiger partial charge in [0.05, 0.1) is 0 Å². The Morgan fingerprint density at radius 3 is 1.25 bits per heavy atom. The van der Waals surface area contributed by atoms with Crippen LogP contribution in [0.5, 0.6) is 0 Å². The molecule has 121 valence electrons. The van der Waals surface area contributed by atoms with Crippen molar-refractivity contribution in [2.24, 2.45) is 3.34 Å². The van der Waals surface area contributed by atoms with E-state index in [1.54, 1.807) is 20.9 Å². The molecule has 0 aromatic carbocycles. The largest absolute Gasteiger partial charge is 0.358 e. The van der Waals surface area contributed by atoms with E-state index in [0.717, 1.165) is 6.42 Å². The molecule has 0 radical (unpaired) electrons. The molecule has 0 bridgehead atoms. The Balaban J connectivity index is 0. The normalized spacial score (nSPS) is 18.3. The molecule has 0 amide bonds. The summed E-state index contributed by atoms with van der Waals surface area (Å²) < 4.78 is 4.19. The fraction of sp³-hybridized carbons (Fsp3) is 0.833. The fourth-order valence-electron chi connectivity index (χ4n) is 1.87. The first-order valence-corrected chi connectivity index (χ1v) is 9.10. The van der Waals surface area contributed by atoms with E-state index in [2.05, 4.69) is 37.0 Å². The van der Waals surface area contributed by atoms with Crippen molar-refractivity contribution in [3.63, 3.8) is 0 Å². The quantitative estimate of drug-likeness (QED) is 0.386. The number of rotatable bonds is 2. The van der Waals surface area contributed by atoms with E-state index >= 15 is 0 Å². The molecule has 2 fully saturated rings. The molecule has 1 nitrogen and oxygen atoms in total. The first-order chi connectivity index (χ1) is 9.12. The predicted octanol–water partition coefficient (Wildman–Crippen LogP) is 6.67. The molecular weight excluding hydrogens is 323 g/mol. The smallest absolute Gasteiger partial charge is 0.0582 e. The molecule has 0 unspecified atom stereocenters. The topological polar surface area (TPSA) is 12.4 Å². The molecule has 0 atom stereocenters. The average molecular weight is 359 g/mol. The monoisotopic (exact) mass is 359 g/mol. The molecule has 0 aliphatic heterocycles. The van der Waals surface area contributed by atoms with Gasteiger partial charge in [-0.05, 0) is 0 Å². The van der Waals surface area contributed by atoms with Gasteiger partial charge in [-0.3, -0.25) is 0 Å². The van der Waals surface area contributed by atoms with Crippen molar-refractivity contribution in [2.75, 3.05) is 0 Å². The van der Waals surface area contributed by atoms with Crippen LogP contribution in [-0.4, -0.2) is 5.54 Å². The van der Waals surface area contributed by atoms with Gasteiger partial charge in [0.2, 0.25) is 0 Å². The zero-order valence-electron chi connectivity index (χ0n) is 14.3. The molecule has 0 aromatic rings. The molecule has 2 aliphatic rings. The standard InChI is InChI=1S/2C6H11.C5H11N.CH3.Nb/c2*1-2-4-6-5-3-1;1-4-5(2,3)6;;/h2*1H,2-6H2;4H2,1-3H3;1H3;/q2*-1;;-1;. The van der Waals surface area contributed by atoms with Crippen LogP contribution in [0.2, 0.25) is 0 Å². The molecule has 20 heavy (non-hydrogen) atoms. The molecule has 0 N–H and O–H groups in total. The minimum atomic E-state index is 0. The van der Waals surface area contributed by atoms with Crippen molar-refractivity contribution in [2.45, 2.75) is 96.9 Å². The molecule has 2 heteroatoms. The summed E-state index contributed by atoms with van der Waals surface area (Å²) in [6.07, 6.45) is 20.1. The second kappa shape index (κ2) is 15.9. The van der Waals surface area contributed by atoms with Crippen LogP contribution in [0.4, 0.5) is 0 Å². The van der Waals surface area contributed by atoms with Crippen molar-refractivity contribution in [3.8, 4) is 0 Å². The summed E-state index contributed by atoms with van der Waals surface area (Å²) in [5.74, 6) is 0. The molecule has 0 saturated heterocycles. The summed E-state index contributed by atoms with van der Waals surface area (Å²) in [6, 6.07) is 0. The molecular formula is C18H36NNb-3. The van der Waals surface area contributed by atoms with E-state index in [1.807, 2.05) is 0 Å². The van der Waals surface area contributed by atoms with Gasteiger partial charge in [0.25, 0.3) is 0 Å². The third kappa shape index (κ3) is 16.6. The summed E-state index contributed by atoms with van der Waals surface area (Å²) in [4.78, 5) is 0. The maximum Gasteiger partial charge on any atom is -0.0582 e. The summed E-state index contributed by atoms with van der Waals surface area (Å²) in [7, 11) is 0. The van der Waals surface area contributed by atoms with Crippen molar-refractivity contribution in [3.05, 3.63) is 20.3 Å². The maximum atomic E-state index is 4.19. The van der Waals surface area contributed by atoms with E-state index in [9.17, 15) is 0 Å². The van der Waals surface area contributed by atoms with Crippen LogP contribution < -0.4 is 0 Å². The first-order valence-electron chi connectivity index (χ1n) is 8.12. The summed E-state index contributed by atoms with van der Waals surface area (Å²) >= 11 is 1.55. The van der Waals surface area contributed by atoms with E-state index in [4.69, 9.17) is 0 Å². The zero-order chi connectivity index (χ0) is 14.4. The number of hydrogen-bond donors (Lipinski definition) is 0. The van der Waals surface area contributed by atoms with Crippen LogP contribution in [-0.2, 0) is 20.9 Å². The summed E-state index contributed by atoms with van der Waals surface area (Å²) in [5, 5.41) is 0. The van der Waals surface area contributed by atoms with Gasteiger partial charge in [0, 0.05) is 0 Å². The molecule has 2 aliphatic carbocycles. The predicted molar refractivity (Wildman–Crippen MR) is 88.0 cm³/mol. The summed E-state index contributed by atoms with van der Waals surface area (Å²) in [6.45, 7) is 6.44. The molecule has 0 heterocycles. The maximum absolute atomic E-state index is 4.19. The van der Waals surface area contributed by atoms with Crippen molar-refractivity contribution in [1.82, 2.24) is 0 Å². The van der Waals surface area contributed by atoms with Gasteiger partial charge in [-0.1, -0.05) is 38.5 Å². The third-order valence-electron chi connectivity index (χ3n) is 3.77. The van der Waals surface area contributed by atoms with Crippen molar-refractivity contribution in [1.29, 1.82) is 0 Å². The molecule has 0 aromatic heterocycles. The Kier molecular flexibility index (Phi) is 18.2. The summed E-state index contributed by atoms with van der Waals surface area (Å²) in [5.41, 5.74) is 0.231. The van der Waals surface area contributed by atoms with E-state index in [1.165, 1.54) is 64.2 Å². The second-order valence-corrected chi connectivity index (χ2v) is 6.61. The number of nitrogens with zero attached hydrogens (tertiary/aromatic N) is 1. The van der Waals surface area contributed by atoms with Gasteiger partial charge in [-0.15, -0.1) is 0 Å². The van der Waals surface area contributed by atoms with Crippen molar-refractivity contribution >= 4 is 0 Å². The van der Waals surface area contributed by atoms with E-state index < -0.39 is 0 Å². The fourth-order valence-corrected chi connectivity index (χ4v) is 2.22.